The van der Waals surface area contributed by atoms with Crippen LogP contribution in [0.15, 0.2) is 70.7 Å². The molecule has 3 rings (SSSR count). The smallest absolute Gasteiger partial charge is 0.310 e. The average Bonchev–Trinajstić information content (AvgIpc) is 3.12. The third-order valence-electron chi connectivity index (χ3n) is 4.57. The van der Waals surface area contributed by atoms with Crippen molar-refractivity contribution in [3.8, 4) is 5.69 Å². The minimum absolute atomic E-state index is 0. The molecule has 33 heavy (non-hydrogen) atoms. The van der Waals surface area contributed by atoms with Gasteiger partial charge in [0.2, 0.25) is 11.5 Å². The molecule has 0 amide bonds. The lowest BCUT2D eigenvalue weighted by atomic mass is 10.0. The monoisotopic (exact) mass is 613 g/mol. The summed E-state index contributed by atoms with van der Waals surface area (Å²) in [5.74, 6) is 0.295. The molecule has 1 aromatic carbocycles. The number of thioether (sulfide) groups is 1. The number of carbonyl (C=O) groups is 2. The molecule has 0 unspecified atom stereocenters. The minimum Gasteiger partial charge on any atom is -1.00 e. The van der Waals surface area contributed by atoms with Crippen LogP contribution in [0, 0.1) is 0 Å². The number of benzene rings is 1. The molecule has 0 saturated heterocycles. The Balaban J connectivity index is 0.00000385. The van der Waals surface area contributed by atoms with E-state index in [9.17, 15) is 9.59 Å². The predicted octanol–water partition coefficient (Wildman–Crippen LogP) is 3.08. The van der Waals surface area contributed by atoms with E-state index in [1.165, 1.54) is 16.9 Å². The normalized spacial score (nSPS) is 10.3. The number of halogens is 2. The van der Waals surface area contributed by atoms with Gasteiger partial charge in [0.15, 0.2) is 12.4 Å². The highest BCUT2D eigenvalue weighted by atomic mass is 127. The van der Waals surface area contributed by atoms with E-state index < -0.39 is 0 Å². The molecule has 4 nitrogen and oxygen atoms in total. The zero-order valence-corrected chi connectivity index (χ0v) is 23.2. The lowest BCUT2D eigenvalue weighted by Crippen LogP contribution is -3.00. The SMILES string of the molecule is CCOC(=O)Cc1c(C(=O)c2ccc(Cl)cc2)sc(SCC=C(C)C)c1-[n+]1ccccc1.[I-]. The van der Waals surface area contributed by atoms with E-state index in [0.29, 0.717) is 27.6 Å². The van der Waals surface area contributed by atoms with Crippen LogP contribution in [0.25, 0.3) is 5.69 Å². The van der Waals surface area contributed by atoms with Gasteiger partial charge in [-0.1, -0.05) is 29.3 Å². The molecular weight excluding hydrogens is 589 g/mol. The van der Waals surface area contributed by atoms with E-state index in [1.54, 1.807) is 43.0 Å². The van der Waals surface area contributed by atoms with Crippen LogP contribution in [0.5, 0.6) is 0 Å². The first-order valence-corrected chi connectivity index (χ1v) is 12.4. The average molecular weight is 614 g/mol. The van der Waals surface area contributed by atoms with Crippen LogP contribution < -0.4 is 28.5 Å². The maximum Gasteiger partial charge on any atom is 0.310 e. The number of hydrogen-bond donors (Lipinski definition) is 0. The Bertz CT molecular complexity index is 1120. The van der Waals surface area contributed by atoms with Crippen molar-refractivity contribution in [2.24, 2.45) is 0 Å². The van der Waals surface area contributed by atoms with Crippen LogP contribution in [0.4, 0.5) is 0 Å². The predicted molar refractivity (Wildman–Crippen MR) is 131 cm³/mol. The van der Waals surface area contributed by atoms with Gasteiger partial charge in [0.1, 0.15) is 4.21 Å². The van der Waals surface area contributed by atoms with Gasteiger partial charge in [0.05, 0.1) is 23.5 Å². The fourth-order valence-electron chi connectivity index (χ4n) is 3.06. The second-order valence-corrected chi connectivity index (χ2v) is 9.98. The van der Waals surface area contributed by atoms with Crippen molar-refractivity contribution in [2.45, 2.75) is 31.4 Å². The van der Waals surface area contributed by atoms with E-state index in [2.05, 4.69) is 19.9 Å². The van der Waals surface area contributed by atoms with Gasteiger partial charge in [0.25, 0.3) is 0 Å². The molecule has 0 spiro atoms. The summed E-state index contributed by atoms with van der Waals surface area (Å²) in [6, 6.07) is 12.6. The molecule has 0 radical (unpaired) electrons. The van der Waals surface area contributed by atoms with Gasteiger partial charge < -0.3 is 28.7 Å². The van der Waals surface area contributed by atoms with Crippen molar-refractivity contribution in [1.29, 1.82) is 0 Å². The number of nitrogens with zero attached hydrogens (tertiary/aromatic N) is 1. The van der Waals surface area contributed by atoms with Crippen molar-refractivity contribution < 1.29 is 42.9 Å². The molecule has 3 aromatic rings. The summed E-state index contributed by atoms with van der Waals surface area (Å²) < 4.78 is 8.17. The fraction of sp³-hybridized carbons (Fsp3) is 0.240. The van der Waals surface area contributed by atoms with Gasteiger partial charge >= 0.3 is 5.97 Å². The van der Waals surface area contributed by atoms with Crippen LogP contribution in [-0.2, 0) is 16.0 Å². The number of ether oxygens (including phenoxy) is 1. The maximum absolute atomic E-state index is 13.5. The number of rotatable bonds is 9. The minimum atomic E-state index is -0.353. The summed E-state index contributed by atoms with van der Waals surface area (Å²) in [5.41, 5.74) is 3.30. The molecule has 0 bridgehead atoms. The molecule has 0 aliphatic heterocycles. The second-order valence-electron chi connectivity index (χ2n) is 7.24. The molecule has 8 heteroatoms. The van der Waals surface area contributed by atoms with E-state index in [4.69, 9.17) is 16.3 Å². The number of esters is 1. The van der Waals surface area contributed by atoms with Crippen molar-refractivity contribution in [2.75, 3.05) is 12.4 Å². The van der Waals surface area contributed by atoms with Crippen molar-refractivity contribution in [3.63, 3.8) is 0 Å². The van der Waals surface area contributed by atoms with Crippen LogP contribution in [0.1, 0.15) is 41.6 Å². The highest BCUT2D eigenvalue weighted by Crippen LogP contribution is 2.38. The van der Waals surface area contributed by atoms with Crippen molar-refractivity contribution in [1.82, 2.24) is 0 Å². The number of thiophene rings is 1. The summed E-state index contributed by atoms with van der Waals surface area (Å²) in [7, 11) is 0. The molecule has 2 aromatic heterocycles. The van der Waals surface area contributed by atoms with Crippen LogP contribution in [0.3, 0.4) is 0 Å². The number of allylic oxidation sites excluding steroid dienone is 1. The lowest BCUT2D eigenvalue weighted by molar-refractivity contribution is -0.598. The number of pyridine rings is 1. The molecule has 174 valence electrons. The van der Waals surface area contributed by atoms with Gasteiger partial charge in [-0.2, -0.15) is 4.57 Å². The van der Waals surface area contributed by atoms with Crippen LogP contribution in [0.2, 0.25) is 5.02 Å². The molecule has 2 heterocycles. The Morgan fingerprint density at radius 2 is 1.79 bits per heavy atom. The Kier molecular flexibility index (Phi) is 11.1. The number of carbonyl (C=O) groups excluding carboxylic acids is 2. The van der Waals surface area contributed by atoms with Gasteiger partial charge in [-0.25, -0.2) is 0 Å². The van der Waals surface area contributed by atoms with Crippen LogP contribution >= 0.6 is 34.7 Å². The Labute approximate surface area is 225 Å². The van der Waals surface area contributed by atoms with E-state index in [-0.39, 0.29) is 42.2 Å². The zero-order chi connectivity index (χ0) is 23.1. The Morgan fingerprint density at radius 3 is 2.39 bits per heavy atom. The molecule has 0 aliphatic rings. The van der Waals surface area contributed by atoms with E-state index >= 15 is 0 Å². The van der Waals surface area contributed by atoms with Crippen LogP contribution in [-0.4, -0.2) is 24.1 Å². The third-order valence-corrected chi connectivity index (χ3v) is 7.23. The first kappa shape index (κ1) is 27.6. The van der Waals surface area contributed by atoms with Gasteiger partial charge in [0, 0.05) is 28.5 Å². The number of ketones is 1. The zero-order valence-electron chi connectivity index (χ0n) is 18.6. The van der Waals surface area contributed by atoms with Crippen molar-refractivity contribution >= 4 is 46.5 Å². The molecule has 0 atom stereocenters. The number of aromatic nitrogens is 1. The van der Waals surface area contributed by atoms with Gasteiger partial charge in [-0.15, -0.1) is 23.1 Å². The Hall–Kier alpha value is -1.68. The first-order valence-electron chi connectivity index (χ1n) is 10.2. The second kappa shape index (κ2) is 13.3. The first-order chi connectivity index (χ1) is 15.4. The summed E-state index contributed by atoms with van der Waals surface area (Å²) in [5, 5.41) is 0.568. The van der Waals surface area contributed by atoms with Crippen molar-refractivity contribution in [3.05, 3.63) is 87.5 Å². The standard InChI is InChI=1S/C25H25ClNO3S2.HI/c1-4-30-21(28)16-20-22(27-13-6-5-7-14-27)25(31-15-12-17(2)3)32-24(20)23(29)18-8-10-19(26)11-9-18;/h5-14H,4,15-16H2,1-3H3;1H/q+1;/p-1. The fourth-order valence-corrected chi connectivity index (χ4v) is 5.82. The molecule has 0 aliphatic carbocycles. The van der Waals surface area contributed by atoms with Gasteiger partial charge in [-0.3, -0.25) is 9.59 Å². The topological polar surface area (TPSA) is 47.3 Å². The lowest BCUT2D eigenvalue weighted by Gasteiger charge is -2.05. The summed E-state index contributed by atoms with van der Waals surface area (Å²) >= 11 is 9.09. The van der Waals surface area contributed by atoms with E-state index in [1.807, 2.05) is 35.2 Å². The highest BCUT2D eigenvalue weighted by Gasteiger charge is 2.31. The molecule has 0 N–H and O–H groups in total. The van der Waals surface area contributed by atoms with E-state index in [0.717, 1.165) is 15.6 Å². The molecule has 0 saturated carbocycles. The third kappa shape index (κ3) is 7.40. The molecule has 0 fully saturated rings. The summed E-state index contributed by atoms with van der Waals surface area (Å²) in [6.45, 7) is 6.19. The number of hydrogen-bond acceptors (Lipinski definition) is 5. The Morgan fingerprint density at radius 1 is 1.12 bits per heavy atom. The summed E-state index contributed by atoms with van der Waals surface area (Å²) in [6.07, 6.45) is 6.03. The molecular formula is C25H25ClINO3S2. The maximum atomic E-state index is 13.5. The quantitative estimate of drug-likeness (QED) is 0.0930. The summed E-state index contributed by atoms with van der Waals surface area (Å²) in [4.78, 5) is 26.5. The largest absolute Gasteiger partial charge is 1.00 e. The highest BCUT2D eigenvalue weighted by molar-refractivity contribution is 8.01. The van der Waals surface area contributed by atoms with Gasteiger partial charge in [-0.05, 0) is 45.0 Å².